The molecule has 0 aromatic carbocycles. The molecular formula is C47H89N2O9P. The van der Waals surface area contributed by atoms with E-state index in [-0.39, 0.29) is 57.3 Å². The predicted octanol–water partition coefficient (Wildman–Crippen LogP) is 12.3. The van der Waals surface area contributed by atoms with Crippen molar-refractivity contribution in [2.45, 2.75) is 225 Å². The molecule has 0 radical (unpaired) electrons. The normalized spacial score (nSPS) is 13.8. The van der Waals surface area contributed by atoms with Gasteiger partial charge in [-0.25, -0.2) is 4.57 Å². The molecule has 0 aliphatic heterocycles. The summed E-state index contributed by atoms with van der Waals surface area (Å²) in [6.45, 7) is 4.14. The fourth-order valence-corrected chi connectivity index (χ4v) is 7.55. The third kappa shape index (κ3) is 38.8. The number of allylic oxidation sites excluding steroid dienone is 4. The lowest BCUT2D eigenvalue weighted by molar-refractivity contribution is -0.161. The van der Waals surface area contributed by atoms with Crippen LogP contribution >= 0.6 is 7.82 Å². The fourth-order valence-electron chi connectivity index (χ4n) is 6.56. The summed E-state index contributed by atoms with van der Waals surface area (Å²) in [4.78, 5) is 37.6. The van der Waals surface area contributed by atoms with E-state index >= 15 is 0 Å². The van der Waals surface area contributed by atoms with Crippen molar-refractivity contribution in [3.8, 4) is 0 Å². The summed E-state index contributed by atoms with van der Waals surface area (Å²) in [5.41, 5.74) is 11.3. The minimum Gasteiger partial charge on any atom is -0.462 e. The van der Waals surface area contributed by atoms with Crippen molar-refractivity contribution < 1.29 is 42.0 Å². The number of esters is 2. The average Bonchev–Trinajstić information content (AvgIpc) is 3.23. The van der Waals surface area contributed by atoms with Gasteiger partial charge in [-0.2, -0.15) is 0 Å². The number of nitrogens with two attached hydrogens (primary N) is 2. The van der Waals surface area contributed by atoms with E-state index in [4.69, 9.17) is 34.5 Å². The van der Waals surface area contributed by atoms with Crippen LogP contribution in [0.15, 0.2) is 24.3 Å². The fraction of sp³-hybridized carbons (Fsp3) is 0.851. The van der Waals surface area contributed by atoms with Gasteiger partial charge in [0.05, 0.1) is 19.3 Å². The Balaban J connectivity index is 4.64. The summed E-state index contributed by atoms with van der Waals surface area (Å²) in [7, 11) is -2.86. The summed E-state index contributed by atoms with van der Waals surface area (Å²) in [5.74, 6) is -0.983. The zero-order valence-corrected chi connectivity index (χ0v) is 38.9. The van der Waals surface area contributed by atoms with E-state index < -0.39 is 25.9 Å². The van der Waals surface area contributed by atoms with Gasteiger partial charge in [0.15, 0.2) is 6.10 Å². The van der Waals surface area contributed by atoms with Crippen LogP contribution in [0.2, 0.25) is 0 Å². The molecule has 3 unspecified atom stereocenters. The average molecular weight is 857 g/mol. The number of unbranched alkanes of at least 4 members (excludes halogenated alkanes) is 22. The molecule has 0 amide bonds. The number of phosphoric acid groups is 1. The number of ether oxygens (including phenoxy) is 2. The number of Topliss-reactive ketones (excluding diaryl/α,β-unsaturated/α-hetero) is 1. The first-order valence-electron chi connectivity index (χ1n) is 23.8. The zero-order valence-electron chi connectivity index (χ0n) is 38.0. The van der Waals surface area contributed by atoms with Gasteiger partial charge in [0.25, 0.3) is 0 Å². The quantitative estimate of drug-likeness (QED) is 0.0259. The van der Waals surface area contributed by atoms with Gasteiger partial charge in [0, 0.05) is 26.4 Å². The Hall–Kier alpha value is -1.88. The van der Waals surface area contributed by atoms with E-state index in [1.165, 1.54) is 97.0 Å². The minimum absolute atomic E-state index is 0.0723. The molecule has 0 aliphatic rings. The van der Waals surface area contributed by atoms with Gasteiger partial charge >= 0.3 is 19.8 Å². The van der Waals surface area contributed by atoms with Crippen LogP contribution in [-0.4, -0.2) is 63.3 Å². The van der Waals surface area contributed by atoms with Crippen molar-refractivity contribution in [3.63, 3.8) is 0 Å². The lowest BCUT2D eigenvalue weighted by atomic mass is 10.1. The topological polar surface area (TPSA) is 166 Å². The van der Waals surface area contributed by atoms with E-state index in [0.717, 1.165) is 70.6 Å². The maximum Gasteiger partial charge on any atom is 0.474 e. The second-order valence-electron chi connectivity index (χ2n) is 16.0. The Morgan fingerprint density at radius 3 is 1.46 bits per heavy atom. The molecule has 3 atom stereocenters. The summed E-state index contributed by atoms with van der Waals surface area (Å²) in [5, 5.41) is 0. The first-order chi connectivity index (χ1) is 28.7. The number of phosphoric ester groups is 1. The van der Waals surface area contributed by atoms with Crippen molar-refractivity contribution >= 4 is 25.5 Å². The summed E-state index contributed by atoms with van der Waals surface area (Å²) in [6.07, 6.45) is 39.8. The van der Waals surface area contributed by atoms with Crippen molar-refractivity contribution in [1.82, 2.24) is 0 Å². The van der Waals surface area contributed by atoms with Gasteiger partial charge in [-0.1, -0.05) is 141 Å². The number of carbonyl (C=O) groups excluding carboxylic acids is 3. The Labute approximate surface area is 360 Å². The van der Waals surface area contributed by atoms with Crippen LogP contribution < -0.4 is 11.5 Å². The van der Waals surface area contributed by atoms with Gasteiger partial charge in [-0.15, -0.1) is 0 Å². The van der Waals surface area contributed by atoms with Gasteiger partial charge in [0.2, 0.25) is 0 Å². The highest BCUT2D eigenvalue weighted by Gasteiger charge is 2.29. The van der Waals surface area contributed by atoms with E-state index in [9.17, 15) is 18.9 Å². The molecule has 346 valence electrons. The van der Waals surface area contributed by atoms with Crippen molar-refractivity contribution in [1.29, 1.82) is 0 Å². The maximum absolute atomic E-state index is 13.1. The highest BCUT2D eigenvalue weighted by atomic mass is 31.2. The maximum atomic E-state index is 13.1. The molecule has 12 heteroatoms. The lowest BCUT2D eigenvalue weighted by Crippen LogP contribution is -2.32. The Kier molecular flexibility index (Phi) is 41.4. The van der Waals surface area contributed by atoms with Crippen LogP contribution in [0.25, 0.3) is 0 Å². The molecule has 0 saturated carbocycles. The van der Waals surface area contributed by atoms with Gasteiger partial charge < -0.3 is 20.9 Å². The molecule has 0 rings (SSSR count). The van der Waals surface area contributed by atoms with Crippen LogP contribution in [0.1, 0.15) is 213 Å². The standard InChI is InChI=1S/C47H89N2O9P/c1-4-6-8-10-12-14-16-18-20-22-24-26-28-30-32-36-46(51)55-41-43(42-57-59(53,54-3)56-40-34-35-45(50)44(49)38-39-48)58-47(52)37-33-31-29-27-25-23-21-19-17-15-13-11-9-7-5-2/h18-21,43-44H,4-17,22-42,48-49H2,1-3H3/b20-18-,21-19-. The molecule has 0 aromatic rings. The van der Waals surface area contributed by atoms with Crippen molar-refractivity contribution in [2.24, 2.45) is 11.5 Å². The lowest BCUT2D eigenvalue weighted by Gasteiger charge is -2.21. The van der Waals surface area contributed by atoms with Gasteiger partial charge in [-0.05, 0) is 83.6 Å². The predicted molar refractivity (Wildman–Crippen MR) is 242 cm³/mol. The van der Waals surface area contributed by atoms with Gasteiger partial charge in [-0.3, -0.25) is 28.0 Å². The number of ketones is 1. The highest BCUT2D eigenvalue weighted by Crippen LogP contribution is 2.48. The monoisotopic (exact) mass is 857 g/mol. The molecule has 0 saturated heterocycles. The van der Waals surface area contributed by atoms with Gasteiger partial charge in [0.1, 0.15) is 12.4 Å². The molecule has 0 bridgehead atoms. The number of rotatable bonds is 45. The Morgan fingerprint density at radius 2 is 1.00 bits per heavy atom. The Bertz CT molecular complexity index is 1100. The third-order valence-corrected chi connectivity index (χ3v) is 11.8. The largest absolute Gasteiger partial charge is 0.474 e. The first kappa shape index (κ1) is 57.1. The molecule has 0 aliphatic carbocycles. The Morgan fingerprint density at radius 1 is 0.559 bits per heavy atom. The molecule has 11 nitrogen and oxygen atoms in total. The summed E-state index contributed by atoms with van der Waals surface area (Å²) < 4.78 is 40.2. The van der Waals surface area contributed by atoms with Crippen LogP contribution in [-0.2, 0) is 42.0 Å². The van der Waals surface area contributed by atoms with Crippen LogP contribution in [0, 0.1) is 0 Å². The van der Waals surface area contributed by atoms with E-state index in [2.05, 4.69) is 38.2 Å². The van der Waals surface area contributed by atoms with E-state index in [0.29, 0.717) is 19.4 Å². The van der Waals surface area contributed by atoms with Crippen molar-refractivity contribution in [3.05, 3.63) is 24.3 Å². The molecule has 4 N–H and O–H groups in total. The molecule has 0 spiro atoms. The van der Waals surface area contributed by atoms with E-state index in [1.54, 1.807) is 0 Å². The molecular weight excluding hydrogens is 767 g/mol. The highest BCUT2D eigenvalue weighted by molar-refractivity contribution is 7.48. The zero-order chi connectivity index (χ0) is 43.5. The minimum atomic E-state index is -4.04. The second kappa shape index (κ2) is 42.8. The summed E-state index contributed by atoms with van der Waals surface area (Å²) >= 11 is 0. The molecule has 0 fully saturated rings. The number of hydrogen-bond acceptors (Lipinski definition) is 11. The molecule has 59 heavy (non-hydrogen) atoms. The third-order valence-electron chi connectivity index (χ3n) is 10.4. The summed E-state index contributed by atoms with van der Waals surface area (Å²) in [6, 6.07) is -0.646. The van der Waals surface area contributed by atoms with Crippen LogP contribution in [0.5, 0.6) is 0 Å². The smallest absolute Gasteiger partial charge is 0.462 e. The molecule has 0 aromatic heterocycles. The van der Waals surface area contributed by atoms with Crippen molar-refractivity contribution in [2.75, 3.05) is 33.5 Å². The SMILES string of the molecule is CCCCCCCC/C=C\CCCCCCCC(=O)OCC(COP(=O)(OC)OCCCC(=O)C(N)CCN)OC(=O)CCCCCCC/C=C\CCCCCCCC. The number of carbonyl (C=O) groups is 3. The van der Waals surface area contributed by atoms with E-state index in [1.807, 2.05) is 0 Å². The number of hydrogen-bond donors (Lipinski definition) is 2. The van der Waals surface area contributed by atoms with Crippen LogP contribution in [0.3, 0.4) is 0 Å². The molecule has 0 heterocycles. The first-order valence-corrected chi connectivity index (χ1v) is 25.3. The van der Waals surface area contributed by atoms with Crippen LogP contribution in [0.4, 0.5) is 0 Å². The second-order valence-corrected chi connectivity index (χ2v) is 17.8.